The van der Waals surface area contributed by atoms with Crippen molar-refractivity contribution in [2.45, 2.75) is 13.5 Å². The second-order valence-corrected chi connectivity index (χ2v) is 4.67. The zero-order valence-corrected chi connectivity index (χ0v) is 11.1. The van der Waals surface area contributed by atoms with E-state index in [1.54, 1.807) is 12.4 Å². The summed E-state index contributed by atoms with van der Waals surface area (Å²) in [5.41, 5.74) is 7.80. The van der Waals surface area contributed by atoms with Crippen LogP contribution in [0.4, 0.5) is 0 Å². The fourth-order valence-corrected chi connectivity index (χ4v) is 1.84. The molecule has 0 saturated carbocycles. The standard InChI is InChI=1S/C13H13BrN2O/c1-9-2-3-10(6-15)13(4-9)17-12-5-11(14)7-16-8-12/h2-5,7-8H,6,15H2,1H3. The molecule has 0 radical (unpaired) electrons. The van der Waals surface area contributed by atoms with Crippen molar-refractivity contribution < 1.29 is 4.74 Å². The lowest BCUT2D eigenvalue weighted by molar-refractivity contribution is 0.473. The van der Waals surface area contributed by atoms with Crippen LogP contribution in [0.25, 0.3) is 0 Å². The van der Waals surface area contributed by atoms with Gasteiger partial charge in [0.25, 0.3) is 0 Å². The zero-order valence-electron chi connectivity index (χ0n) is 9.48. The van der Waals surface area contributed by atoms with Gasteiger partial charge in [-0.05, 0) is 40.5 Å². The van der Waals surface area contributed by atoms with Crippen LogP contribution >= 0.6 is 15.9 Å². The van der Waals surface area contributed by atoms with Crippen LogP contribution in [-0.2, 0) is 6.54 Å². The van der Waals surface area contributed by atoms with E-state index in [0.717, 1.165) is 21.3 Å². The van der Waals surface area contributed by atoms with E-state index in [4.69, 9.17) is 10.5 Å². The van der Waals surface area contributed by atoms with Gasteiger partial charge in [0, 0.05) is 22.8 Å². The third kappa shape index (κ3) is 3.05. The van der Waals surface area contributed by atoms with E-state index >= 15 is 0 Å². The highest BCUT2D eigenvalue weighted by atomic mass is 79.9. The van der Waals surface area contributed by atoms with Gasteiger partial charge in [-0.1, -0.05) is 12.1 Å². The van der Waals surface area contributed by atoms with Crippen LogP contribution in [0, 0.1) is 6.92 Å². The van der Waals surface area contributed by atoms with Crippen LogP contribution in [0.2, 0.25) is 0 Å². The SMILES string of the molecule is Cc1ccc(CN)c(Oc2cncc(Br)c2)c1. The Labute approximate surface area is 109 Å². The molecule has 0 aliphatic heterocycles. The maximum atomic E-state index is 5.79. The molecule has 2 rings (SSSR count). The van der Waals surface area contributed by atoms with Crippen molar-refractivity contribution in [3.8, 4) is 11.5 Å². The number of aryl methyl sites for hydroxylation is 1. The van der Waals surface area contributed by atoms with Gasteiger partial charge in [0.05, 0.1) is 6.20 Å². The second kappa shape index (κ2) is 5.29. The van der Waals surface area contributed by atoms with Crippen molar-refractivity contribution in [1.82, 2.24) is 4.98 Å². The Morgan fingerprint density at radius 2 is 2.12 bits per heavy atom. The molecular weight excluding hydrogens is 280 g/mol. The summed E-state index contributed by atoms with van der Waals surface area (Å²) in [6.07, 6.45) is 3.39. The minimum Gasteiger partial charge on any atom is -0.455 e. The lowest BCUT2D eigenvalue weighted by Gasteiger charge is -2.10. The average molecular weight is 293 g/mol. The van der Waals surface area contributed by atoms with E-state index in [-0.39, 0.29) is 0 Å². The average Bonchev–Trinajstić information content (AvgIpc) is 2.29. The maximum Gasteiger partial charge on any atom is 0.146 e. The van der Waals surface area contributed by atoms with E-state index in [2.05, 4.69) is 20.9 Å². The number of rotatable bonds is 3. The van der Waals surface area contributed by atoms with E-state index < -0.39 is 0 Å². The Kier molecular flexibility index (Phi) is 3.76. The monoisotopic (exact) mass is 292 g/mol. The zero-order chi connectivity index (χ0) is 12.3. The number of pyridine rings is 1. The van der Waals surface area contributed by atoms with Gasteiger partial charge in [0.1, 0.15) is 11.5 Å². The number of hydrogen-bond acceptors (Lipinski definition) is 3. The second-order valence-electron chi connectivity index (χ2n) is 3.76. The summed E-state index contributed by atoms with van der Waals surface area (Å²) in [5, 5.41) is 0. The van der Waals surface area contributed by atoms with Gasteiger partial charge in [-0.15, -0.1) is 0 Å². The van der Waals surface area contributed by atoms with Gasteiger partial charge < -0.3 is 10.5 Å². The summed E-state index contributed by atoms with van der Waals surface area (Å²) in [4.78, 5) is 4.06. The fourth-order valence-electron chi connectivity index (χ4n) is 1.50. The molecule has 0 saturated heterocycles. The van der Waals surface area contributed by atoms with E-state index in [9.17, 15) is 0 Å². The number of hydrogen-bond donors (Lipinski definition) is 1. The van der Waals surface area contributed by atoms with Crippen LogP contribution in [0.3, 0.4) is 0 Å². The molecule has 2 N–H and O–H groups in total. The molecule has 0 amide bonds. The molecule has 3 nitrogen and oxygen atoms in total. The van der Waals surface area contributed by atoms with Crippen molar-refractivity contribution in [2.24, 2.45) is 5.73 Å². The number of benzene rings is 1. The van der Waals surface area contributed by atoms with Crippen molar-refractivity contribution in [3.63, 3.8) is 0 Å². The number of ether oxygens (including phenoxy) is 1. The first-order chi connectivity index (χ1) is 8.19. The van der Waals surface area contributed by atoms with Crippen LogP contribution in [0.5, 0.6) is 11.5 Å². The molecule has 0 unspecified atom stereocenters. The minimum absolute atomic E-state index is 0.455. The minimum atomic E-state index is 0.455. The molecule has 2 aromatic rings. The van der Waals surface area contributed by atoms with Crippen LogP contribution in [-0.4, -0.2) is 4.98 Å². The normalized spacial score (nSPS) is 10.3. The van der Waals surface area contributed by atoms with Gasteiger partial charge in [0.2, 0.25) is 0 Å². The Bertz CT molecular complexity index is 529. The van der Waals surface area contributed by atoms with E-state index in [1.807, 2.05) is 31.2 Å². The molecule has 0 fully saturated rings. The predicted octanol–water partition coefficient (Wildman–Crippen LogP) is 3.40. The van der Waals surface area contributed by atoms with E-state index in [1.165, 1.54) is 0 Å². The molecule has 1 aromatic heterocycles. The number of aromatic nitrogens is 1. The summed E-state index contributed by atoms with van der Waals surface area (Å²) >= 11 is 3.36. The Morgan fingerprint density at radius 3 is 2.82 bits per heavy atom. The van der Waals surface area contributed by atoms with Crippen molar-refractivity contribution in [2.75, 3.05) is 0 Å². The van der Waals surface area contributed by atoms with Crippen molar-refractivity contribution >= 4 is 15.9 Å². The molecule has 4 heteroatoms. The number of halogens is 1. The summed E-state index contributed by atoms with van der Waals surface area (Å²) in [7, 11) is 0. The fraction of sp³-hybridized carbons (Fsp3) is 0.154. The molecule has 1 aromatic carbocycles. The Balaban J connectivity index is 2.32. The van der Waals surface area contributed by atoms with Crippen molar-refractivity contribution in [3.05, 3.63) is 52.3 Å². The summed E-state index contributed by atoms with van der Waals surface area (Å²) in [6, 6.07) is 7.85. The highest BCUT2D eigenvalue weighted by Crippen LogP contribution is 2.27. The molecular formula is C13H13BrN2O. The molecule has 17 heavy (non-hydrogen) atoms. The van der Waals surface area contributed by atoms with Gasteiger partial charge in [-0.2, -0.15) is 0 Å². The summed E-state index contributed by atoms with van der Waals surface area (Å²) in [5.74, 6) is 1.48. The summed E-state index contributed by atoms with van der Waals surface area (Å²) < 4.78 is 6.68. The Morgan fingerprint density at radius 1 is 1.29 bits per heavy atom. The topological polar surface area (TPSA) is 48.1 Å². The van der Waals surface area contributed by atoms with Gasteiger partial charge in [-0.25, -0.2) is 0 Å². The Hall–Kier alpha value is -1.39. The highest BCUT2D eigenvalue weighted by Gasteiger charge is 2.04. The first kappa shape index (κ1) is 12.1. The maximum absolute atomic E-state index is 5.79. The van der Waals surface area contributed by atoms with Crippen molar-refractivity contribution in [1.29, 1.82) is 0 Å². The highest BCUT2D eigenvalue weighted by molar-refractivity contribution is 9.10. The van der Waals surface area contributed by atoms with Crippen LogP contribution in [0.15, 0.2) is 41.1 Å². The third-order valence-electron chi connectivity index (χ3n) is 2.35. The molecule has 1 heterocycles. The first-order valence-corrected chi connectivity index (χ1v) is 6.06. The predicted molar refractivity (Wildman–Crippen MR) is 71.1 cm³/mol. The third-order valence-corrected chi connectivity index (χ3v) is 2.78. The molecule has 0 aliphatic rings. The van der Waals surface area contributed by atoms with E-state index in [0.29, 0.717) is 12.3 Å². The largest absolute Gasteiger partial charge is 0.455 e. The molecule has 0 aliphatic carbocycles. The lowest BCUT2D eigenvalue weighted by atomic mass is 10.1. The first-order valence-electron chi connectivity index (χ1n) is 5.27. The van der Waals surface area contributed by atoms with Gasteiger partial charge in [0.15, 0.2) is 0 Å². The number of nitrogens with zero attached hydrogens (tertiary/aromatic N) is 1. The molecule has 88 valence electrons. The molecule has 0 spiro atoms. The lowest BCUT2D eigenvalue weighted by Crippen LogP contribution is -1.99. The summed E-state index contributed by atoms with van der Waals surface area (Å²) in [6.45, 7) is 2.48. The number of nitrogens with two attached hydrogens (primary N) is 1. The van der Waals surface area contributed by atoms with Gasteiger partial charge in [-0.3, -0.25) is 4.98 Å². The molecule has 0 atom stereocenters. The van der Waals surface area contributed by atoms with Crippen LogP contribution in [0.1, 0.15) is 11.1 Å². The van der Waals surface area contributed by atoms with Crippen LogP contribution < -0.4 is 10.5 Å². The quantitative estimate of drug-likeness (QED) is 0.943. The smallest absolute Gasteiger partial charge is 0.146 e. The molecule has 0 bridgehead atoms. The van der Waals surface area contributed by atoms with Gasteiger partial charge >= 0.3 is 0 Å².